The highest BCUT2D eigenvalue weighted by Crippen LogP contribution is 2.25. The zero-order valence-corrected chi connectivity index (χ0v) is 22.2. The van der Waals surface area contributed by atoms with Crippen molar-refractivity contribution in [1.29, 1.82) is 0 Å². The van der Waals surface area contributed by atoms with Gasteiger partial charge in [-0.05, 0) is 58.3 Å². The van der Waals surface area contributed by atoms with Crippen molar-refractivity contribution < 1.29 is 28.7 Å². The molecule has 1 saturated heterocycles. The maximum Gasteiger partial charge on any atom is 0.329 e. The van der Waals surface area contributed by atoms with Crippen molar-refractivity contribution in [3.8, 4) is 0 Å². The average molecular weight is 495 g/mol. The summed E-state index contributed by atoms with van der Waals surface area (Å²) in [4.78, 5) is 65.3. The lowest BCUT2D eigenvalue weighted by molar-refractivity contribution is -0.162. The molecule has 1 heterocycles. The maximum absolute atomic E-state index is 13.2. The average Bonchev–Trinajstić information content (AvgIpc) is 3.39. The largest absolute Gasteiger partial charge is 0.458 e. The number of ether oxygens (including phenoxy) is 1. The van der Waals surface area contributed by atoms with Crippen LogP contribution in [0.3, 0.4) is 0 Å². The Balaban J connectivity index is 2.08. The fourth-order valence-corrected chi connectivity index (χ4v) is 3.94. The second kappa shape index (κ2) is 11.4. The van der Waals surface area contributed by atoms with Crippen molar-refractivity contribution in [2.24, 2.45) is 5.41 Å². The van der Waals surface area contributed by atoms with E-state index in [1.54, 1.807) is 20.8 Å². The number of nitrogens with zero attached hydrogens (tertiary/aromatic N) is 1. The third-order valence-electron chi connectivity index (χ3n) is 5.94. The van der Waals surface area contributed by atoms with E-state index in [4.69, 9.17) is 4.74 Å². The molecule has 0 spiro atoms. The monoisotopic (exact) mass is 494 g/mol. The number of nitrogens with one attached hydrogen (secondary N) is 3. The molecule has 1 saturated carbocycles. The molecule has 10 heteroatoms. The highest BCUT2D eigenvalue weighted by atomic mass is 16.6. The zero-order valence-electron chi connectivity index (χ0n) is 22.2. The van der Waals surface area contributed by atoms with Gasteiger partial charge in [0.25, 0.3) is 5.91 Å². The van der Waals surface area contributed by atoms with Crippen molar-refractivity contribution in [2.75, 3.05) is 6.54 Å². The number of hydrogen-bond acceptors (Lipinski definition) is 6. The SMILES string of the molecule is CCCC(NC(=O)N1CCC[C@H]1C(=O)N[C@H](C(=O)OC(C)(C)C)C(C)(C)C)C(=O)C(=O)NC1CC1. The lowest BCUT2D eigenvalue weighted by Crippen LogP contribution is -2.58. The van der Waals surface area contributed by atoms with Crippen LogP contribution in [0, 0.1) is 5.41 Å². The van der Waals surface area contributed by atoms with E-state index in [1.165, 1.54) is 4.90 Å². The molecule has 35 heavy (non-hydrogen) atoms. The van der Waals surface area contributed by atoms with Crippen molar-refractivity contribution in [1.82, 2.24) is 20.9 Å². The molecule has 0 aromatic rings. The Morgan fingerprint density at radius 3 is 2.11 bits per heavy atom. The van der Waals surface area contributed by atoms with Crippen LogP contribution in [-0.2, 0) is 23.9 Å². The number of ketones is 1. The molecule has 0 bridgehead atoms. The van der Waals surface area contributed by atoms with E-state index >= 15 is 0 Å². The fourth-order valence-electron chi connectivity index (χ4n) is 3.94. The number of amides is 4. The molecule has 4 amide bonds. The van der Waals surface area contributed by atoms with Gasteiger partial charge in [0.2, 0.25) is 11.7 Å². The molecule has 0 aromatic carbocycles. The Labute approximate surface area is 208 Å². The molecule has 1 unspecified atom stereocenters. The Hall–Kier alpha value is -2.65. The van der Waals surface area contributed by atoms with E-state index in [0.29, 0.717) is 32.2 Å². The summed E-state index contributed by atoms with van der Waals surface area (Å²) in [5, 5.41) is 8.11. The Bertz CT molecular complexity index is 825. The van der Waals surface area contributed by atoms with Crippen molar-refractivity contribution in [2.45, 2.75) is 117 Å². The van der Waals surface area contributed by atoms with Crippen LogP contribution in [0.15, 0.2) is 0 Å². The Morgan fingerprint density at radius 2 is 1.60 bits per heavy atom. The van der Waals surface area contributed by atoms with Gasteiger partial charge < -0.3 is 25.6 Å². The first-order valence-corrected chi connectivity index (χ1v) is 12.6. The number of carbonyl (C=O) groups excluding carboxylic acids is 5. The minimum atomic E-state index is -0.959. The maximum atomic E-state index is 13.2. The quantitative estimate of drug-likeness (QED) is 0.332. The second-order valence-corrected chi connectivity index (χ2v) is 11.6. The van der Waals surface area contributed by atoms with Gasteiger partial charge in [0.15, 0.2) is 0 Å². The van der Waals surface area contributed by atoms with Crippen LogP contribution in [0.2, 0.25) is 0 Å². The smallest absolute Gasteiger partial charge is 0.329 e. The third kappa shape index (κ3) is 8.50. The summed E-state index contributed by atoms with van der Waals surface area (Å²) in [6, 6.07) is -3.19. The second-order valence-electron chi connectivity index (χ2n) is 11.6. The molecule has 1 aliphatic heterocycles. The van der Waals surface area contributed by atoms with Gasteiger partial charge in [0, 0.05) is 12.6 Å². The summed E-state index contributed by atoms with van der Waals surface area (Å²) in [5.41, 5.74) is -1.32. The molecule has 3 atom stereocenters. The van der Waals surface area contributed by atoms with Crippen LogP contribution >= 0.6 is 0 Å². The predicted octanol–water partition coefficient (Wildman–Crippen LogP) is 2.05. The van der Waals surface area contributed by atoms with E-state index in [-0.39, 0.29) is 6.04 Å². The first-order chi connectivity index (χ1) is 16.1. The molecule has 0 aromatic heterocycles. The Kier molecular flexibility index (Phi) is 9.30. The number of Topliss-reactive ketones (excluding diaryl/α,β-unsaturated/α-hetero) is 1. The highest BCUT2D eigenvalue weighted by Gasteiger charge is 2.41. The minimum absolute atomic E-state index is 0.0387. The number of hydrogen-bond donors (Lipinski definition) is 3. The van der Waals surface area contributed by atoms with Gasteiger partial charge in [-0.1, -0.05) is 34.1 Å². The lowest BCUT2D eigenvalue weighted by Gasteiger charge is -2.34. The standard InChI is InChI=1S/C25H42N4O6/c1-8-10-16(18(30)21(32)26-15-12-13-15)27-23(34)29-14-9-11-17(29)20(31)28-19(24(2,3)4)22(33)35-25(5,6)7/h15-17,19H,8-14H2,1-7H3,(H,26,32)(H,27,34)(H,28,31)/t16?,17-,19+/m0/s1. The van der Waals surface area contributed by atoms with Crippen LogP contribution in [0.1, 0.15) is 87.0 Å². The molecule has 2 rings (SSSR count). The van der Waals surface area contributed by atoms with Gasteiger partial charge in [-0.2, -0.15) is 0 Å². The molecule has 1 aliphatic carbocycles. The van der Waals surface area contributed by atoms with Crippen molar-refractivity contribution in [3.05, 3.63) is 0 Å². The number of urea groups is 1. The van der Waals surface area contributed by atoms with Gasteiger partial charge in [0.05, 0.1) is 6.04 Å². The molecule has 2 aliphatic rings. The molecule has 10 nitrogen and oxygen atoms in total. The van der Waals surface area contributed by atoms with Gasteiger partial charge in [0.1, 0.15) is 17.7 Å². The Morgan fingerprint density at radius 1 is 0.971 bits per heavy atom. The fraction of sp³-hybridized carbons (Fsp3) is 0.800. The van der Waals surface area contributed by atoms with E-state index in [0.717, 1.165) is 12.8 Å². The summed E-state index contributed by atoms with van der Waals surface area (Å²) < 4.78 is 5.50. The highest BCUT2D eigenvalue weighted by molar-refractivity contribution is 6.38. The summed E-state index contributed by atoms with van der Waals surface area (Å²) in [7, 11) is 0. The van der Waals surface area contributed by atoms with Gasteiger partial charge in [-0.25, -0.2) is 9.59 Å². The molecule has 2 fully saturated rings. The molecule has 0 radical (unpaired) electrons. The zero-order chi connectivity index (χ0) is 26.6. The van der Waals surface area contributed by atoms with Crippen molar-refractivity contribution in [3.63, 3.8) is 0 Å². The number of rotatable bonds is 9. The van der Waals surface area contributed by atoms with Gasteiger partial charge >= 0.3 is 12.0 Å². The topological polar surface area (TPSA) is 134 Å². The summed E-state index contributed by atoms with van der Waals surface area (Å²) in [5.74, 6) is -2.35. The van der Waals surface area contributed by atoms with Crippen molar-refractivity contribution >= 4 is 29.6 Å². The predicted molar refractivity (Wildman–Crippen MR) is 130 cm³/mol. The third-order valence-corrected chi connectivity index (χ3v) is 5.94. The van der Waals surface area contributed by atoms with Crippen LogP contribution in [0.25, 0.3) is 0 Å². The number of carbonyl (C=O) groups is 5. The lowest BCUT2D eigenvalue weighted by atomic mass is 9.86. The first kappa shape index (κ1) is 28.6. The summed E-state index contributed by atoms with van der Waals surface area (Å²) >= 11 is 0. The summed E-state index contributed by atoms with van der Waals surface area (Å²) in [6.45, 7) is 13.0. The van der Waals surface area contributed by atoms with Crippen LogP contribution < -0.4 is 16.0 Å². The van der Waals surface area contributed by atoms with E-state index in [1.807, 2.05) is 27.7 Å². The normalized spacial score (nSPS) is 20.0. The van der Waals surface area contributed by atoms with Crippen LogP contribution in [-0.4, -0.2) is 70.8 Å². The molecular formula is C25H42N4O6. The summed E-state index contributed by atoms with van der Waals surface area (Å²) in [6.07, 6.45) is 3.66. The van der Waals surface area contributed by atoms with E-state index in [2.05, 4.69) is 16.0 Å². The van der Waals surface area contributed by atoms with Gasteiger partial charge in [-0.15, -0.1) is 0 Å². The van der Waals surface area contributed by atoms with Crippen LogP contribution in [0.4, 0.5) is 4.79 Å². The number of likely N-dealkylation sites (tertiary alicyclic amines) is 1. The molecular weight excluding hydrogens is 452 g/mol. The molecule has 198 valence electrons. The first-order valence-electron chi connectivity index (χ1n) is 12.6. The van der Waals surface area contributed by atoms with E-state index < -0.39 is 58.7 Å². The van der Waals surface area contributed by atoms with Crippen LogP contribution in [0.5, 0.6) is 0 Å². The van der Waals surface area contributed by atoms with Gasteiger partial charge in [-0.3, -0.25) is 14.4 Å². The van der Waals surface area contributed by atoms with E-state index in [9.17, 15) is 24.0 Å². The number of esters is 1. The minimum Gasteiger partial charge on any atom is -0.458 e. The molecule has 3 N–H and O–H groups in total.